The van der Waals surface area contributed by atoms with Crippen LogP contribution >= 0.6 is 11.3 Å². The van der Waals surface area contributed by atoms with E-state index in [4.69, 9.17) is 14.5 Å². The summed E-state index contributed by atoms with van der Waals surface area (Å²) in [6.45, 7) is 5.26. The maximum absolute atomic E-state index is 12.8. The van der Waals surface area contributed by atoms with Gasteiger partial charge in [-0.3, -0.25) is 4.79 Å². The van der Waals surface area contributed by atoms with E-state index in [2.05, 4.69) is 30.2 Å². The maximum Gasteiger partial charge on any atom is 0.260 e. The number of aromatic amines is 1. The summed E-state index contributed by atoms with van der Waals surface area (Å²) in [7, 11) is 3.29. The van der Waals surface area contributed by atoms with E-state index in [-0.39, 0.29) is 11.6 Å². The molecule has 0 aliphatic heterocycles. The minimum atomic E-state index is 0.0159. The van der Waals surface area contributed by atoms with Gasteiger partial charge in [0.2, 0.25) is 0 Å². The van der Waals surface area contributed by atoms with Crippen molar-refractivity contribution in [3.8, 4) is 11.5 Å². The van der Waals surface area contributed by atoms with Crippen LogP contribution in [0, 0.1) is 5.92 Å². The lowest BCUT2D eigenvalue weighted by Crippen LogP contribution is -2.85. The number of nitrogens with two attached hydrogens (primary N) is 1. The quantitative estimate of drug-likeness (QED) is 0.606. The van der Waals surface area contributed by atoms with Gasteiger partial charge in [0.15, 0.2) is 17.3 Å². The van der Waals surface area contributed by atoms with E-state index >= 15 is 0 Å². The summed E-state index contributed by atoms with van der Waals surface area (Å²) in [4.78, 5) is 23.0. The van der Waals surface area contributed by atoms with E-state index in [1.807, 2.05) is 12.1 Å². The molecule has 6 nitrogen and oxygen atoms in total. The number of ether oxygens (including phenoxy) is 2. The highest BCUT2D eigenvalue weighted by Gasteiger charge is 2.24. The van der Waals surface area contributed by atoms with Gasteiger partial charge >= 0.3 is 0 Å². The van der Waals surface area contributed by atoms with Gasteiger partial charge in [-0.25, -0.2) is 4.98 Å². The number of hydrogen-bond acceptors (Lipinski definition) is 5. The number of nitrogens with zero attached hydrogens (tertiary/aromatic N) is 1. The molecular weight excluding hydrogens is 398 g/mol. The Balaban J connectivity index is 1.46. The highest BCUT2D eigenvalue weighted by molar-refractivity contribution is 7.18. The smallest absolute Gasteiger partial charge is 0.260 e. The third-order valence-corrected chi connectivity index (χ3v) is 7.16. The van der Waals surface area contributed by atoms with Crippen LogP contribution in [0.25, 0.3) is 10.2 Å². The molecular formula is C23H30N3O3S+. The molecule has 30 heavy (non-hydrogen) atoms. The van der Waals surface area contributed by atoms with Crippen molar-refractivity contribution in [1.82, 2.24) is 9.97 Å². The number of nitrogens with one attached hydrogen (secondary N) is 1. The minimum absolute atomic E-state index is 0.0159. The number of hydrogen-bond donors (Lipinski definition) is 2. The monoisotopic (exact) mass is 428 g/mol. The second-order valence-electron chi connectivity index (χ2n) is 8.24. The fourth-order valence-corrected chi connectivity index (χ4v) is 5.62. The zero-order chi connectivity index (χ0) is 21.3. The molecule has 0 spiro atoms. The van der Waals surface area contributed by atoms with Crippen molar-refractivity contribution in [3.63, 3.8) is 0 Å². The first kappa shape index (κ1) is 20.9. The predicted molar refractivity (Wildman–Crippen MR) is 120 cm³/mol. The summed E-state index contributed by atoms with van der Waals surface area (Å²) in [5, 5.41) is 3.04. The number of fused-ring (bicyclic) bond motifs is 3. The maximum atomic E-state index is 12.8. The zero-order valence-electron chi connectivity index (χ0n) is 18.1. The lowest BCUT2D eigenvalue weighted by Gasteiger charge is -2.17. The van der Waals surface area contributed by atoms with Crippen LogP contribution in [0.15, 0.2) is 23.0 Å². The van der Waals surface area contributed by atoms with E-state index in [0.29, 0.717) is 5.92 Å². The lowest BCUT2D eigenvalue weighted by molar-refractivity contribution is -0.693. The summed E-state index contributed by atoms with van der Waals surface area (Å²) < 4.78 is 10.7. The summed E-state index contributed by atoms with van der Waals surface area (Å²) >= 11 is 1.71. The minimum Gasteiger partial charge on any atom is -0.493 e. The van der Waals surface area contributed by atoms with Crippen molar-refractivity contribution in [2.45, 2.75) is 45.6 Å². The van der Waals surface area contributed by atoms with E-state index in [9.17, 15) is 4.79 Å². The Kier molecular flexibility index (Phi) is 6.11. The first-order valence-corrected chi connectivity index (χ1v) is 11.4. The van der Waals surface area contributed by atoms with Gasteiger partial charge in [0, 0.05) is 11.3 Å². The molecule has 1 aliphatic carbocycles. The van der Waals surface area contributed by atoms with Crippen LogP contribution in [0.4, 0.5) is 0 Å². The van der Waals surface area contributed by atoms with Gasteiger partial charge in [-0.1, -0.05) is 13.0 Å². The summed E-state index contributed by atoms with van der Waals surface area (Å²) in [5.41, 5.74) is 2.44. The molecule has 0 saturated heterocycles. The Morgan fingerprint density at radius 2 is 2.10 bits per heavy atom. The Morgan fingerprint density at radius 1 is 1.30 bits per heavy atom. The highest BCUT2D eigenvalue weighted by atomic mass is 32.1. The standard InChI is InChI=1S/C23H29N3O3S/c1-13-5-7-16-19(11-13)30-23-20(16)22(27)25-21(26-23)14(2)24-10-9-15-6-8-17(28-3)18(12-15)29-4/h6,8,12-14,24H,5,7,9-11H2,1-4H3,(H,25,26,27)/p+1/t13-,14-/m0/s1. The molecule has 2 aromatic heterocycles. The molecule has 0 radical (unpaired) electrons. The third kappa shape index (κ3) is 4.09. The zero-order valence-corrected chi connectivity index (χ0v) is 18.9. The van der Waals surface area contributed by atoms with Gasteiger partial charge in [0.1, 0.15) is 10.9 Å². The molecule has 3 aromatic rings. The molecule has 2 atom stereocenters. The Morgan fingerprint density at radius 3 is 2.87 bits per heavy atom. The van der Waals surface area contributed by atoms with Gasteiger partial charge < -0.3 is 19.8 Å². The number of rotatable bonds is 7. The van der Waals surface area contributed by atoms with Crippen molar-refractivity contribution in [2.75, 3.05) is 20.8 Å². The molecule has 7 heteroatoms. The number of methoxy groups -OCH3 is 2. The Bertz CT molecular complexity index is 1110. The fourth-order valence-electron chi connectivity index (χ4n) is 4.23. The lowest BCUT2D eigenvalue weighted by atomic mass is 9.89. The first-order chi connectivity index (χ1) is 14.5. The van der Waals surface area contributed by atoms with Gasteiger partial charge in [0.25, 0.3) is 5.56 Å². The van der Waals surface area contributed by atoms with E-state index in [1.54, 1.807) is 25.6 Å². The highest BCUT2D eigenvalue weighted by Crippen LogP contribution is 2.35. The Labute approximate surface area is 180 Å². The number of aromatic nitrogens is 2. The molecule has 4 rings (SSSR count). The predicted octanol–water partition coefficient (Wildman–Crippen LogP) is 2.99. The van der Waals surface area contributed by atoms with Crippen molar-refractivity contribution in [3.05, 3.63) is 50.4 Å². The average Bonchev–Trinajstić information content (AvgIpc) is 3.11. The van der Waals surface area contributed by atoms with Crippen molar-refractivity contribution < 1.29 is 14.8 Å². The number of H-pyrrole nitrogens is 1. The van der Waals surface area contributed by atoms with Gasteiger partial charge in [-0.15, -0.1) is 11.3 Å². The molecule has 1 aromatic carbocycles. The summed E-state index contributed by atoms with van der Waals surface area (Å²) in [6.07, 6.45) is 4.11. The van der Waals surface area contributed by atoms with Crippen LogP contribution in [0.2, 0.25) is 0 Å². The normalized spacial score (nSPS) is 17.0. The van der Waals surface area contributed by atoms with E-state index < -0.39 is 0 Å². The summed E-state index contributed by atoms with van der Waals surface area (Å²) in [6, 6.07) is 6.09. The molecule has 1 aliphatic rings. The van der Waals surface area contributed by atoms with Crippen molar-refractivity contribution in [1.29, 1.82) is 0 Å². The molecule has 3 N–H and O–H groups in total. The van der Waals surface area contributed by atoms with Crippen molar-refractivity contribution >= 4 is 21.6 Å². The van der Waals surface area contributed by atoms with Crippen LogP contribution in [0.1, 0.15) is 48.1 Å². The number of thiophene rings is 1. The molecule has 0 saturated carbocycles. The Hall–Kier alpha value is -2.38. The van der Waals surface area contributed by atoms with Gasteiger partial charge in [0.05, 0.1) is 26.2 Å². The molecule has 0 bridgehead atoms. The van der Waals surface area contributed by atoms with Gasteiger partial charge in [-0.2, -0.15) is 0 Å². The van der Waals surface area contributed by atoms with Crippen LogP contribution in [0.5, 0.6) is 11.5 Å². The second-order valence-corrected chi connectivity index (χ2v) is 9.32. The topological polar surface area (TPSA) is 80.8 Å². The fraction of sp³-hybridized carbons (Fsp3) is 0.478. The first-order valence-electron chi connectivity index (χ1n) is 10.6. The summed E-state index contributed by atoms with van der Waals surface area (Å²) in [5.74, 6) is 2.93. The molecule has 160 valence electrons. The van der Waals surface area contributed by atoms with E-state index in [0.717, 1.165) is 59.8 Å². The largest absolute Gasteiger partial charge is 0.493 e. The average molecular weight is 429 g/mol. The van der Waals surface area contributed by atoms with Crippen LogP contribution in [0.3, 0.4) is 0 Å². The van der Waals surface area contributed by atoms with Crippen LogP contribution < -0.4 is 20.3 Å². The van der Waals surface area contributed by atoms with Crippen molar-refractivity contribution in [2.24, 2.45) is 5.92 Å². The number of quaternary nitrogens is 1. The molecule has 0 fully saturated rings. The molecule has 0 unspecified atom stereocenters. The second kappa shape index (κ2) is 8.78. The third-order valence-electron chi connectivity index (χ3n) is 6.02. The van der Waals surface area contributed by atoms with Crippen LogP contribution in [-0.4, -0.2) is 30.7 Å². The van der Waals surface area contributed by atoms with E-state index in [1.165, 1.54) is 16.0 Å². The SMILES string of the molecule is COc1ccc(CC[NH2+][C@@H](C)c2nc3sc4c(c3c(=O)[nH]2)CC[C@H](C)C4)cc1OC. The number of benzene rings is 1. The number of aryl methyl sites for hydroxylation is 1. The molecule has 0 amide bonds. The van der Waals surface area contributed by atoms with Crippen LogP contribution in [-0.2, 0) is 19.3 Å². The van der Waals surface area contributed by atoms with Gasteiger partial charge in [-0.05, 0) is 55.4 Å². The molecule has 2 heterocycles.